The van der Waals surface area contributed by atoms with Gasteiger partial charge < -0.3 is 19.9 Å². The summed E-state index contributed by atoms with van der Waals surface area (Å²) >= 11 is 10.4. The first-order valence-electron chi connectivity index (χ1n) is 12.5. The van der Waals surface area contributed by atoms with Crippen molar-refractivity contribution in [2.24, 2.45) is 0 Å². The van der Waals surface area contributed by atoms with Crippen molar-refractivity contribution in [3.8, 4) is 28.7 Å². The third-order valence-corrected chi connectivity index (χ3v) is 7.44. The average Bonchev–Trinajstić information content (AvgIpc) is 2.97. The van der Waals surface area contributed by atoms with Crippen molar-refractivity contribution in [3.05, 3.63) is 111 Å². The maximum absolute atomic E-state index is 11.8. The minimum Gasteiger partial charge on any atom is -0.488 e. The molecule has 0 saturated carbocycles. The van der Waals surface area contributed by atoms with Crippen molar-refractivity contribution in [2.75, 3.05) is 6.61 Å². The molecule has 204 valence electrons. The van der Waals surface area contributed by atoms with E-state index in [1.54, 1.807) is 30.5 Å². The summed E-state index contributed by atoms with van der Waals surface area (Å²) in [5.41, 5.74) is 4.82. The SMILES string of the molecule is CC(=O)[C@H](CO)NCc1cc(Cl)c(OCc2cccc(-c3ccccc3)c2Br)cc1OCc1ccnc(C#N)c1. The number of rotatable bonds is 12. The van der Waals surface area contributed by atoms with E-state index >= 15 is 0 Å². The van der Waals surface area contributed by atoms with Gasteiger partial charge in [-0.05, 0) is 57.7 Å². The van der Waals surface area contributed by atoms with Gasteiger partial charge in [0.1, 0.15) is 42.3 Å². The van der Waals surface area contributed by atoms with Crippen LogP contribution < -0.4 is 14.8 Å². The number of hydrogen-bond donors (Lipinski definition) is 2. The lowest BCUT2D eigenvalue weighted by atomic mass is 10.0. The first-order chi connectivity index (χ1) is 19.4. The van der Waals surface area contributed by atoms with E-state index in [2.05, 4.69) is 26.2 Å². The quantitative estimate of drug-likeness (QED) is 0.193. The van der Waals surface area contributed by atoms with Gasteiger partial charge in [0.2, 0.25) is 0 Å². The van der Waals surface area contributed by atoms with Gasteiger partial charge in [-0.15, -0.1) is 0 Å². The first-order valence-corrected chi connectivity index (χ1v) is 13.7. The van der Waals surface area contributed by atoms with E-state index in [1.807, 2.05) is 54.6 Å². The summed E-state index contributed by atoms with van der Waals surface area (Å²) in [6, 6.07) is 24.2. The van der Waals surface area contributed by atoms with Crippen LogP contribution in [0.5, 0.6) is 11.5 Å². The van der Waals surface area contributed by atoms with Gasteiger partial charge >= 0.3 is 0 Å². The highest BCUT2D eigenvalue weighted by Crippen LogP contribution is 2.36. The number of aliphatic hydroxyl groups excluding tert-OH is 1. The molecular formula is C31H27BrClN3O4. The van der Waals surface area contributed by atoms with Gasteiger partial charge in [-0.2, -0.15) is 5.26 Å². The second kappa shape index (κ2) is 14.1. The van der Waals surface area contributed by atoms with Crippen LogP contribution >= 0.6 is 27.5 Å². The Morgan fingerprint density at radius 1 is 1.05 bits per heavy atom. The Balaban J connectivity index is 1.58. The number of nitrogens with one attached hydrogen (secondary N) is 1. The third kappa shape index (κ3) is 7.46. The van der Waals surface area contributed by atoms with Crippen LogP contribution in [-0.2, 0) is 24.6 Å². The number of nitriles is 1. The number of carbonyl (C=O) groups is 1. The monoisotopic (exact) mass is 619 g/mol. The summed E-state index contributed by atoms with van der Waals surface area (Å²) in [5.74, 6) is 0.731. The van der Waals surface area contributed by atoms with Crippen LogP contribution in [0.2, 0.25) is 5.02 Å². The van der Waals surface area contributed by atoms with E-state index in [0.29, 0.717) is 27.8 Å². The second-order valence-corrected chi connectivity index (χ2v) is 10.2. The molecule has 3 aromatic carbocycles. The molecule has 9 heteroatoms. The minimum absolute atomic E-state index is 0.173. The molecule has 0 fully saturated rings. The second-order valence-electron chi connectivity index (χ2n) is 9.00. The van der Waals surface area contributed by atoms with Crippen molar-refractivity contribution in [1.29, 1.82) is 5.26 Å². The maximum atomic E-state index is 11.8. The minimum atomic E-state index is -0.713. The lowest BCUT2D eigenvalue weighted by molar-refractivity contribution is -0.119. The van der Waals surface area contributed by atoms with Crippen LogP contribution in [-0.4, -0.2) is 28.5 Å². The predicted molar refractivity (Wildman–Crippen MR) is 157 cm³/mol. The zero-order valence-electron chi connectivity index (χ0n) is 21.7. The van der Waals surface area contributed by atoms with Crippen LogP contribution in [0.3, 0.4) is 0 Å². The van der Waals surface area contributed by atoms with Gasteiger partial charge in [0.25, 0.3) is 0 Å². The van der Waals surface area contributed by atoms with Crippen molar-refractivity contribution < 1.29 is 19.4 Å². The highest BCUT2D eigenvalue weighted by molar-refractivity contribution is 9.10. The Morgan fingerprint density at radius 3 is 2.55 bits per heavy atom. The smallest absolute Gasteiger partial charge is 0.149 e. The highest BCUT2D eigenvalue weighted by Gasteiger charge is 2.17. The fraction of sp³-hybridized carbons (Fsp3) is 0.194. The molecule has 0 unspecified atom stereocenters. The fourth-order valence-corrected chi connectivity index (χ4v) is 4.85. The molecule has 0 spiro atoms. The van der Waals surface area contributed by atoms with Crippen LogP contribution in [0.1, 0.15) is 29.3 Å². The Labute approximate surface area is 246 Å². The van der Waals surface area contributed by atoms with Crippen molar-refractivity contribution in [3.63, 3.8) is 0 Å². The van der Waals surface area contributed by atoms with E-state index in [-0.39, 0.29) is 32.1 Å². The largest absolute Gasteiger partial charge is 0.488 e. The fourth-order valence-electron chi connectivity index (χ4n) is 4.00. The van der Waals surface area contributed by atoms with Gasteiger partial charge in [0.15, 0.2) is 0 Å². The Hall–Kier alpha value is -3.74. The number of ether oxygens (including phenoxy) is 2. The van der Waals surface area contributed by atoms with E-state index < -0.39 is 6.04 Å². The summed E-state index contributed by atoms with van der Waals surface area (Å²) in [7, 11) is 0. The van der Waals surface area contributed by atoms with Gasteiger partial charge in [0, 0.05) is 34.4 Å². The van der Waals surface area contributed by atoms with E-state index in [1.165, 1.54) is 6.92 Å². The third-order valence-electron chi connectivity index (χ3n) is 6.21. The summed E-state index contributed by atoms with van der Waals surface area (Å²) in [6.45, 7) is 1.74. The Bertz CT molecular complexity index is 1530. The molecular weight excluding hydrogens is 594 g/mol. The molecule has 0 saturated heterocycles. The maximum Gasteiger partial charge on any atom is 0.149 e. The molecule has 1 aromatic heterocycles. The molecule has 4 rings (SSSR count). The summed E-state index contributed by atoms with van der Waals surface area (Å²) in [4.78, 5) is 15.8. The molecule has 1 heterocycles. The van der Waals surface area contributed by atoms with Crippen LogP contribution in [0, 0.1) is 11.3 Å². The normalized spacial score (nSPS) is 11.5. The van der Waals surface area contributed by atoms with E-state index in [9.17, 15) is 9.90 Å². The van der Waals surface area contributed by atoms with Gasteiger partial charge in [-0.25, -0.2) is 4.98 Å². The van der Waals surface area contributed by atoms with E-state index in [0.717, 1.165) is 26.7 Å². The molecule has 7 nitrogen and oxygen atoms in total. The predicted octanol–water partition coefficient (Wildman–Crippen LogP) is 6.23. The van der Waals surface area contributed by atoms with Crippen molar-refractivity contribution >= 4 is 33.3 Å². The zero-order chi connectivity index (χ0) is 28.5. The zero-order valence-corrected chi connectivity index (χ0v) is 24.1. The molecule has 1 atom stereocenters. The molecule has 0 radical (unpaired) electrons. The van der Waals surface area contributed by atoms with Crippen molar-refractivity contribution in [1.82, 2.24) is 10.3 Å². The van der Waals surface area contributed by atoms with Crippen LogP contribution in [0.4, 0.5) is 0 Å². The molecule has 0 bridgehead atoms. The summed E-state index contributed by atoms with van der Waals surface area (Å²) in [6.07, 6.45) is 1.55. The molecule has 4 aromatic rings. The number of aromatic nitrogens is 1. The number of pyridine rings is 1. The number of halogens is 2. The number of ketones is 1. The molecule has 0 amide bonds. The highest BCUT2D eigenvalue weighted by atomic mass is 79.9. The number of Topliss-reactive ketones (excluding diaryl/α,β-unsaturated/α-hetero) is 1. The van der Waals surface area contributed by atoms with E-state index in [4.69, 9.17) is 26.3 Å². The standard InChI is InChI=1S/C31H27BrClN3O4/c1-20(38)28(17-37)36-16-24-13-27(33)30(14-29(24)39-18-21-10-11-35-25(12-21)15-34)40-19-23-8-5-9-26(31(23)32)22-6-3-2-4-7-22/h2-14,28,36-37H,16-19H2,1H3/t28-/m0/s1. The first kappa shape index (κ1) is 29.2. The topological polar surface area (TPSA) is 104 Å². The molecule has 0 aliphatic carbocycles. The summed E-state index contributed by atoms with van der Waals surface area (Å²) in [5, 5.41) is 22.1. The number of benzene rings is 3. The molecule has 2 N–H and O–H groups in total. The molecule has 40 heavy (non-hydrogen) atoms. The Kier molecular flexibility index (Phi) is 10.3. The van der Waals surface area contributed by atoms with Gasteiger partial charge in [-0.1, -0.05) is 60.1 Å². The number of nitrogens with zero attached hydrogens (tertiary/aromatic N) is 2. The van der Waals surface area contributed by atoms with Crippen molar-refractivity contribution in [2.45, 2.75) is 32.7 Å². The molecule has 0 aliphatic heterocycles. The number of aliphatic hydroxyl groups is 1. The van der Waals surface area contributed by atoms with Gasteiger partial charge in [-0.3, -0.25) is 4.79 Å². The van der Waals surface area contributed by atoms with Crippen LogP contribution in [0.25, 0.3) is 11.1 Å². The Morgan fingerprint density at radius 2 is 1.82 bits per heavy atom. The summed E-state index contributed by atoms with van der Waals surface area (Å²) < 4.78 is 13.2. The molecule has 0 aliphatic rings. The lowest BCUT2D eigenvalue weighted by Crippen LogP contribution is -2.38. The number of hydrogen-bond acceptors (Lipinski definition) is 7. The number of carbonyl (C=O) groups excluding carboxylic acids is 1. The lowest BCUT2D eigenvalue weighted by Gasteiger charge is -2.18. The average molecular weight is 621 g/mol. The van der Waals surface area contributed by atoms with Gasteiger partial charge in [0.05, 0.1) is 17.7 Å². The van der Waals surface area contributed by atoms with Crippen LogP contribution in [0.15, 0.2) is 83.5 Å².